The number of nitrogens with zero attached hydrogens (tertiary/aromatic N) is 1. The van der Waals surface area contributed by atoms with E-state index in [0.717, 1.165) is 11.8 Å². The third kappa shape index (κ3) is 3.08. The molecule has 0 radical (unpaired) electrons. The molecule has 0 saturated carbocycles. The van der Waals surface area contributed by atoms with Crippen molar-refractivity contribution in [3.8, 4) is 11.5 Å². The molecule has 21 heavy (non-hydrogen) atoms. The van der Waals surface area contributed by atoms with Gasteiger partial charge in [-0.1, -0.05) is 12.1 Å². The quantitative estimate of drug-likeness (QED) is 0.481. The minimum Gasteiger partial charge on any atom is -0.457 e. The number of nitro groups is 1. The van der Waals surface area contributed by atoms with E-state index in [0.29, 0.717) is 28.2 Å². The Balaban J connectivity index is 2.42. The summed E-state index contributed by atoms with van der Waals surface area (Å²) in [6.45, 7) is 5.29. The van der Waals surface area contributed by atoms with E-state index in [4.69, 9.17) is 4.74 Å². The first-order chi connectivity index (χ1) is 9.92. The average Bonchev–Trinajstić information content (AvgIpc) is 2.44. The third-order valence-electron chi connectivity index (χ3n) is 3.26. The Morgan fingerprint density at radius 2 is 1.67 bits per heavy atom. The van der Waals surface area contributed by atoms with Crippen molar-refractivity contribution in [1.82, 2.24) is 0 Å². The van der Waals surface area contributed by atoms with Gasteiger partial charge in [0.15, 0.2) is 0 Å². The van der Waals surface area contributed by atoms with Crippen molar-refractivity contribution in [3.63, 3.8) is 0 Å². The van der Waals surface area contributed by atoms with Gasteiger partial charge in [0.25, 0.3) is 5.69 Å². The van der Waals surface area contributed by atoms with Crippen LogP contribution >= 0.6 is 0 Å². The van der Waals surface area contributed by atoms with E-state index in [9.17, 15) is 14.9 Å². The Morgan fingerprint density at radius 1 is 1.00 bits per heavy atom. The molecule has 0 aliphatic rings. The van der Waals surface area contributed by atoms with Gasteiger partial charge in [-0.15, -0.1) is 0 Å². The number of rotatable bonds is 4. The molecule has 0 unspecified atom stereocenters. The number of ether oxygens (including phenoxy) is 1. The number of aldehydes is 1. The van der Waals surface area contributed by atoms with Crippen molar-refractivity contribution < 1.29 is 14.5 Å². The molecule has 2 aromatic rings. The Hall–Kier alpha value is -2.69. The van der Waals surface area contributed by atoms with E-state index in [2.05, 4.69) is 0 Å². The number of aryl methyl sites for hydroxylation is 3. The zero-order valence-corrected chi connectivity index (χ0v) is 12.0. The first-order valence-electron chi connectivity index (χ1n) is 6.41. The number of hydrogen-bond acceptors (Lipinski definition) is 4. The molecule has 0 aliphatic heterocycles. The van der Waals surface area contributed by atoms with E-state index in [1.165, 1.54) is 6.07 Å². The van der Waals surface area contributed by atoms with E-state index in [-0.39, 0.29) is 5.69 Å². The van der Waals surface area contributed by atoms with Crippen molar-refractivity contribution >= 4 is 12.0 Å². The van der Waals surface area contributed by atoms with Gasteiger partial charge >= 0.3 is 0 Å². The van der Waals surface area contributed by atoms with Crippen LogP contribution in [0, 0.1) is 30.9 Å². The number of nitro benzene ring substituents is 1. The first-order valence-corrected chi connectivity index (χ1v) is 6.41. The van der Waals surface area contributed by atoms with Gasteiger partial charge in [0.2, 0.25) is 0 Å². The van der Waals surface area contributed by atoms with Crippen LogP contribution in [0.3, 0.4) is 0 Å². The van der Waals surface area contributed by atoms with E-state index in [1.54, 1.807) is 38.1 Å². The summed E-state index contributed by atoms with van der Waals surface area (Å²) in [6.07, 6.45) is 0.750. The molecular formula is C16H15NO4. The monoisotopic (exact) mass is 285 g/mol. The number of benzene rings is 2. The third-order valence-corrected chi connectivity index (χ3v) is 3.26. The molecule has 0 N–H and O–H groups in total. The minimum absolute atomic E-state index is 0.0678. The Morgan fingerprint density at radius 3 is 2.29 bits per heavy atom. The average molecular weight is 285 g/mol. The van der Waals surface area contributed by atoms with Crippen molar-refractivity contribution in [3.05, 3.63) is 62.7 Å². The highest BCUT2D eigenvalue weighted by molar-refractivity contribution is 5.76. The van der Waals surface area contributed by atoms with Crippen LogP contribution in [0.5, 0.6) is 11.5 Å². The second kappa shape index (κ2) is 5.75. The molecule has 0 heterocycles. The molecule has 0 spiro atoms. The maximum atomic E-state index is 10.9. The molecule has 0 saturated heterocycles. The minimum atomic E-state index is -0.412. The zero-order valence-electron chi connectivity index (χ0n) is 12.0. The highest BCUT2D eigenvalue weighted by Gasteiger charge is 2.15. The first kappa shape index (κ1) is 14.7. The molecule has 0 amide bonds. The SMILES string of the molecule is Cc1ccc(C=O)cc1Oc1cc(C)c([N+](=O)[O-])cc1C. The van der Waals surface area contributed by atoms with Crippen LogP contribution in [0.25, 0.3) is 0 Å². The van der Waals surface area contributed by atoms with Crippen LogP contribution in [0.4, 0.5) is 5.69 Å². The molecule has 0 bridgehead atoms. The fourth-order valence-electron chi connectivity index (χ4n) is 2.00. The van der Waals surface area contributed by atoms with Crippen LogP contribution in [0.1, 0.15) is 27.0 Å². The summed E-state index contributed by atoms with van der Waals surface area (Å²) in [6, 6.07) is 8.29. The van der Waals surface area contributed by atoms with E-state index < -0.39 is 4.92 Å². The lowest BCUT2D eigenvalue weighted by Crippen LogP contribution is -1.96. The van der Waals surface area contributed by atoms with Gasteiger partial charge in [0.1, 0.15) is 17.8 Å². The summed E-state index contributed by atoms with van der Waals surface area (Å²) in [5.41, 5.74) is 2.68. The van der Waals surface area contributed by atoms with Gasteiger partial charge in [0.05, 0.1) is 4.92 Å². The lowest BCUT2D eigenvalue weighted by Gasteiger charge is -2.12. The lowest BCUT2D eigenvalue weighted by atomic mass is 10.1. The number of hydrogen-bond donors (Lipinski definition) is 0. The molecule has 0 fully saturated rings. The molecule has 108 valence electrons. The molecule has 0 aromatic heterocycles. The van der Waals surface area contributed by atoms with Crippen LogP contribution in [0.2, 0.25) is 0 Å². The van der Waals surface area contributed by atoms with Crippen LogP contribution in [-0.4, -0.2) is 11.2 Å². The summed E-state index contributed by atoms with van der Waals surface area (Å²) in [7, 11) is 0. The Kier molecular flexibility index (Phi) is 4.03. The topological polar surface area (TPSA) is 69.4 Å². The smallest absolute Gasteiger partial charge is 0.272 e. The van der Waals surface area contributed by atoms with Gasteiger partial charge < -0.3 is 4.74 Å². The van der Waals surface area contributed by atoms with Gasteiger partial charge in [-0.2, -0.15) is 0 Å². The van der Waals surface area contributed by atoms with Crippen molar-refractivity contribution in [2.75, 3.05) is 0 Å². The van der Waals surface area contributed by atoms with E-state index in [1.807, 2.05) is 6.92 Å². The largest absolute Gasteiger partial charge is 0.457 e. The summed E-state index contributed by atoms with van der Waals surface area (Å²) in [5, 5.41) is 10.9. The molecular weight excluding hydrogens is 270 g/mol. The second-order valence-corrected chi connectivity index (χ2v) is 4.91. The normalized spacial score (nSPS) is 10.2. The van der Waals surface area contributed by atoms with Gasteiger partial charge in [0, 0.05) is 17.2 Å². The van der Waals surface area contributed by atoms with Gasteiger partial charge in [-0.3, -0.25) is 14.9 Å². The van der Waals surface area contributed by atoms with Crippen molar-refractivity contribution in [1.29, 1.82) is 0 Å². The van der Waals surface area contributed by atoms with Crippen molar-refractivity contribution in [2.24, 2.45) is 0 Å². The van der Waals surface area contributed by atoms with Gasteiger partial charge in [-0.05, 0) is 44.0 Å². The zero-order chi connectivity index (χ0) is 15.6. The van der Waals surface area contributed by atoms with Crippen molar-refractivity contribution in [2.45, 2.75) is 20.8 Å². The maximum Gasteiger partial charge on any atom is 0.272 e. The summed E-state index contributed by atoms with van der Waals surface area (Å²) < 4.78 is 5.82. The molecule has 5 heteroatoms. The standard InChI is InChI=1S/C16H15NO4/c1-10-4-5-13(9-18)8-16(10)21-15-7-11(2)14(17(19)20)6-12(15)3/h4-9H,1-3H3. The predicted molar refractivity (Wildman–Crippen MR) is 79.2 cm³/mol. The van der Waals surface area contributed by atoms with Gasteiger partial charge in [-0.25, -0.2) is 0 Å². The predicted octanol–water partition coefficient (Wildman–Crippen LogP) is 4.12. The Labute approximate surface area is 122 Å². The van der Waals surface area contributed by atoms with Crippen LogP contribution in [-0.2, 0) is 0 Å². The number of carbonyl (C=O) groups excluding carboxylic acids is 1. The molecule has 5 nitrogen and oxygen atoms in total. The summed E-state index contributed by atoms with van der Waals surface area (Å²) in [4.78, 5) is 21.3. The summed E-state index contributed by atoms with van der Waals surface area (Å²) in [5.74, 6) is 1.11. The molecule has 2 aromatic carbocycles. The summed E-state index contributed by atoms with van der Waals surface area (Å²) >= 11 is 0. The fourth-order valence-corrected chi connectivity index (χ4v) is 2.00. The molecule has 0 atom stereocenters. The highest BCUT2D eigenvalue weighted by Crippen LogP contribution is 2.32. The van der Waals surface area contributed by atoms with Crippen LogP contribution < -0.4 is 4.74 Å². The molecule has 0 aliphatic carbocycles. The number of carbonyl (C=O) groups is 1. The Bertz CT molecular complexity index is 722. The van der Waals surface area contributed by atoms with Crippen LogP contribution in [0.15, 0.2) is 30.3 Å². The second-order valence-electron chi connectivity index (χ2n) is 4.91. The van der Waals surface area contributed by atoms with E-state index >= 15 is 0 Å². The fraction of sp³-hybridized carbons (Fsp3) is 0.188. The molecule has 2 rings (SSSR count). The lowest BCUT2D eigenvalue weighted by molar-refractivity contribution is -0.385. The maximum absolute atomic E-state index is 10.9. The highest BCUT2D eigenvalue weighted by atomic mass is 16.6.